The van der Waals surface area contributed by atoms with E-state index in [-0.39, 0.29) is 5.91 Å². The molecule has 7 nitrogen and oxygen atoms in total. The van der Waals surface area contributed by atoms with Crippen LogP contribution in [0.5, 0.6) is 0 Å². The van der Waals surface area contributed by atoms with Gasteiger partial charge in [-0.1, -0.05) is 0 Å². The number of halogens is 1. The molecule has 2 amide bonds. The number of nitrogens with zero attached hydrogens (tertiary/aromatic N) is 2. The zero-order valence-corrected chi connectivity index (χ0v) is 20.4. The van der Waals surface area contributed by atoms with Gasteiger partial charge in [-0.05, 0) is 72.0 Å². The van der Waals surface area contributed by atoms with Crippen molar-refractivity contribution in [1.82, 2.24) is 10.2 Å². The Labute approximate surface area is 201 Å². The van der Waals surface area contributed by atoms with E-state index >= 15 is 0 Å². The Hall–Kier alpha value is -2.43. The van der Waals surface area contributed by atoms with Gasteiger partial charge in [-0.3, -0.25) is 19.8 Å². The van der Waals surface area contributed by atoms with Crippen molar-refractivity contribution in [3.63, 3.8) is 0 Å². The molecule has 4 rings (SSSR count). The lowest BCUT2D eigenvalue weighted by atomic mass is 9.95. The lowest BCUT2D eigenvalue weighted by molar-refractivity contribution is -0.114. The van der Waals surface area contributed by atoms with Crippen LogP contribution in [0, 0.1) is 3.57 Å². The fraction of sp³-hybridized carbons (Fsp3) is 0.333. The molecule has 1 unspecified atom stereocenters. The van der Waals surface area contributed by atoms with Crippen LogP contribution in [0.1, 0.15) is 22.8 Å². The number of hydrogen-bond donors (Lipinski definition) is 2. The van der Waals surface area contributed by atoms with Crippen LogP contribution in [-0.4, -0.2) is 62.7 Å². The molecule has 0 spiro atoms. The highest BCUT2D eigenvalue weighted by molar-refractivity contribution is 14.1. The summed E-state index contributed by atoms with van der Waals surface area (Å²) in [6.45, 7) is 6.95. The van der Waals surface area contributed by atoms with Crippen LogP contribution in [0.4, 0.5) is 11.4 Å². The van der Waals surface area contributed by atoms with Gasteiger partial charge < -0.3 is 15.0 Å². The Balaban J connectivity index is 1.42. The van der Waals surface area contributed by atoms with Crippen LogP contribution >= 0.6 is 22.6 Å². The Kier molecular flexibility index (Phi) is 7.12. The topological polar surface area (TPSA) is 73.9 Å². The van der Waals surface area contributed by atoms with Gasteiger partial charge >= 0.3 is 0 Å². The predicted molar refractivity (Wildman–Crippen MR) is 135 cm³/mol. The third-order valence-electron chi connectivity index (χ3n) is 5.95. The molecule has 2 aliphatic heterocycles. The first kappa shape index (κ1) is 22.8. The third-order valence-corrected chi connectivity index (χ3v) is 6.62. The maximum absolute atomic E-state index is 12.4. The first-order chi connectivity index (χ1) is 15.5. The molecule has 0 aliphatic carbocycles. The van der Waals surface area contributed by atoms with Gasteiger partial charge in [-0.25, -0.2) is 0 Å². The number of carbonyl (C=O) groups is 2. The van der Waals surface area contributed by atoms with E-state index in [1.807, 2.05) is 24.3 Å². The summed E-state index contributed by atoms with van der Waals surface area (Å²) in [7, 11) is 1.75. The summed E-state index contributed by atoms with van der Waals surface area (Å²) in [5.74, 6) is -0.756. The molecule has 2 N–H and O–H groups in total. The normalized spacial score (nSPS) is 19.0. The second-order valence-electron chi connectivity index (χ2n) is 8.05. The summed E-state index contributed by atoms with van der Waals surface area (Å²) >= 11 is 2.18. The number of benzene rings is 2. The van der Waals surface area contributed by atoms with Crippen molar-refractivity contribution in [3.8, 4) is 0 Å². The number of anilines is 2. The van der Waals surface area contributed by atoms with Crippen molar-refractivity contribution >= 4 is 51.4 Å². The van der Waals surface area contributed by atoms with Crippen LogP contribution in [0.2, 0.25) is 0 Å². The summed E-state index contributed by atoms with van der Waals surface area (Å²) in [5, 5.41) is 5.61. The second-order valence-corrected chi connectivity index (χ2v) is 9.30. The largest absolute Gasteiger partial charge is 0.383 e. The van der Waals surface area contributed by atoms with Crippen LogP contribution in [-0.2, 0) is 9.53 Å². The molecule has 2 aromatic rings. The molecule has 1 fully saturated rings. The van der Waals surface area contributed by atoms with Crippen molar-refractivity contribution in [2.24, 2.45) is 0 Å². The van der Waals surface area contributed by atoms with E-state index in [1.54, 1.807) is 19.4 Å². The SMILES string of the molecule is COCC(C)N1CCN(c2ccc(NC=C3C(=O)NC(=O)c4ccc(I)cc43)cc2)CC1. The van der Waals surface area contributed by atoms with Crippen LogP contribution in [0.15, 0.2) is 48.7 Å². The summed E-state index contributed by atoms with van der Waals surface area (Å²) in [6.07, 6.45) is 1.67. The number of amides is 2. The van der Waals surface area contributed by atoms with Gasteiger partial charge in [0.1, 0.15) is 0 Å². The van der Waals surface area contributed by atoms with E-state index in [9.17, 15) is 9.59 Å². The molecule has 0 radical (unpaired) electrons. The molecule has 8 heteroatoms. The number of ether oxygens (including phenoxy) is 1. The molecular formula is C24H27IN4O3. The van der Waals surface area contributed by atoms with E-state index in [1.165, 1.54) is 5.69 Å². The van der Waals surface area contributed by atoms with Gasteiger partial charge in [-0.2, -0.15) is 0 Å². The quantitative estimate of drug-likeness (QED) is 0.330. The van der Waals surface area contributed by atoms with Crippen LogP contribution < -0.4 is 15.5 Å². The number of imide groups is 1. The van der Waals surface area contributed by atoms with Crippen molar-refractivity contribution in [1.29, 1.82) is 0 Å². The summed E-state index contributed by atoms with van der Waals surface area (Å²) in [6, 6.07) is 14.1. The standard InChI is InChI=1S/C24H27IN4O3/c1-16(15-32-2)28-9-11-29(12-10-28)19-6-4-18(5-7-19)26-14-22-21-13-17(25)3-8-20(21)23(30)27-24(22)31/h3-8,13-14,16,26H,9-12,15H2,1-2H3,(H,27,30,31). The van der Waals surface area contributed by atoms with Gasteiger partial charge in [0.25, 0.3) is 11.8 Å². The first-order valence-corrected chi connectivity index (χ1v) is 11.7. The van der Waals surface area contributed by atoms with E-state index in [0.29, 0.717) is 22.7 Å². The lowest BCUT2D eigenvalue weighted by Crippen LogP contribution is -2.50. The fourth-order valence-electron chi connectivity index (χ4n) is 4.13. The highest BCUT2D eigenvalue weighted by atomic mass is 127. The highest BCUT2D eigenvalue weighted by Crippen LogP contribution is 2.27. The van der Waals surface area contributed by atoms with Crippen LogP contribution in [0.25, 0.3) is 5.57 Å². The molecule has 32 heavy (non-hydrogen) atoms. The second kappa shape index (κ2) is 10.0. The minimum Gasteiger partial charge on any atom is -0.383 e. The molecule has 2 aliphatic rings. The summed E-state index contributed by atoms with van der Waals surface area (Å²) in [5.41, 5.74) is 3.67. The smallest absolute Gasteiger partial charge is 0.260 e. The van der Waals surface area contributed by atoms with E-state index in [4.69, 9.17) is 4.74 Å². The lowest BCUT2D eigenvalue weighted by Gasteiger charge is -2.39. The number of rotatable bonds is 6. The maximum atomic E-state index is 12.4. The average Bonchev–Trinajstić information content (AvgIpc) is 2.79. The van der Waals surface area contributed by atoms with Gasteiger partial charge in [0, 0.05) is 71.6 Å². The summed E-state index contributed by atoms with van der Waals surface area (Å²) in [4.78, 5) is 29.4. The zero-order valence-electron chi connectivity index (χ0n) is 18.2. The van der Waals surface area contributed by atoms with Gasteiger partial charge in [0.05, 0.1) is 12.2 Å². The molecule has 2 heterocycles. The molecule has 168 valence electrons. The average molecular weight is 546 g/mol. The van der Waals surface area contributed by atoms with E-state index in [2.05, 4.69) is 62.1 Å². The number of carbonyl (C=O) groups excluding carboxylic acids is 2. The molecule has 0 bridgehead atoms. The molecule has 1 atom stereocenters. The molecule has 0 aromatic heterocycles. The van der Waals surface area contributed by atoms with Crippen LogP contribution in [0.3, 0.4) is 0 Å². The zero-order chi connectivity index (χ0) is 22.7. The molecule has 0 saturated carbocycles. The Morgan fingerprint density at radius 1 is 1.06 bits per heavy atom. The molecule has 2 aromatic carbocycles. The number of piperazine rings is 1. The van der Waals surface area contributed by atoms with Crippen molar-refractivity contribution in [2.45, 2.75) is 13.0 Å². The fourth-order valence-corrected chi connectivity index (χ4v) is 4.62. The monoisotopic (exact) mass is 546 g/mol. The maximum Gasteiger partial charge on any atom is 0.260 e. The Morgan fingerprint density at radius 3 is 2.47 bits per heavy atom. The van der Waals surface area contributed by atoms with Crippen molar-refractivity contribution in [2.75, 3.05) is 50.1 Å². The molecule has 1 saturated heterocycles. The third kappa shape index (κ3) is 4.97. The Bertz CT molecular complexity index is 1030. The van der Waals surface area contributed by atoms with Gasteiger partial charge in [0.15, 0.2) is 0 Å². The van der Waals surface area contributed by atoms with Crippen molar-refractivity contribution in [3.05, 3.63) is 63.4 Å². The minimum absolute atomic E-state index is 0.361. The van der Waals surface area contributed by atoms with E-state index < -0.39 is 5.91 Å². The van der Waals surface area contributed by atoms with E-state index in [0.717, 1.165) is 42.0 Å². The Morgan fingerprint density at radius 2 is 1.78 bits per heavy atom. The molecular weight excluding hydrogens is 519 g/mol. The van der Waals surface area contributed by atoms with Gasteiger partial charge in [0.2, 0.25) is 0 Å². The minimum atomic E-state index is -0.394. The number of fused-ring (bicyclic) bond motifs is 1. The first-order valence-electron chi connectivity index (χ1n) is 10.7. The number of methoxy groups -OCH3 is 1. The number of nitrogens with one attached hydrogen (secondary N) is 2. The number of hydrogen-bond acceptors (Lipinski definition) is 6. The van der Waals surface area contributed by atoms with Gasteiger partial charge in [-0.15, -0.1) is 0 Å². The predicted octanol–water partition coefficient (Wildman–Crippen LogP) is 3.17. The highest BCUT2D eigenvalue weighted by Gasteiger charge is 2.27. The van der Waals surface area contributed by atoms with Crippen molar-refractivity contribution < 1.29 is 14.3 Å². The summed E-state index contributed by atoms with van der Waals surface area (Å²) < 4.78 is 6.24.